The van der Waals surface area contributed by atoms with Crippen LogP contribution in [0.1, 0.15) is 12.5 Å². The van der Waals surface area contributed by atoms with Crippen LogP contribution in [0.4, 0.5) is 0 Å². The number of halogens is 2. The molecule has 1 heterocycles. The number of nitrogens with zero attached hydrogens (tertiary/aromatic N) is 1. The standard InChI is InChI=1S/C14H13BrClNO2/c1-3-9-4-5-12(13(6-9)18-2)19-14-11(16)7-10(15)8-17-14/h4-8H,3H2,1-2H3. The van der Waals surface area contributed by atoms with E-state index in [1.807, 2.05) is 18.2 Å². The molecule has 0 unspecified atom stereocenters. The highest BCUT2D eigenvalue weighted by Gasteiger charge is 2.10. The van der Waals surface area contributed by atoms with Gasteiger partial charge in [0.05, 0.1) is 7.11 Å². The summed E-state index contributed by atoms with van der Waals surface area (Å²) >= 11 is 9.38. The van der Waals surface area contributed by atoms with Gasteiger partial charge >= 0.3 is 0 Å². The molecule has 3 nitrogen and oxygen atoms in total. The van der Waals surface area contributed by atoms with Crippen molar-refractivity contribution in [3.05, 3.63) is 45.5 Å². The monoisotopic (exact) mass is 341 g/mol. The first-order valence-corrected chi connectivity index (χ1v) is 6.97. The molecule has 5 heteroatoms. The van der Waals surface area contributed by atoms with E-state index in [2.05, 4.69) is 27.8 Å². The normalized spacial score (nSPS) is 10.3. The number of aryl methyl sites for hydroxylation is 1. The first kappa shape index (κ1) is 14.2. The van der Waals surface area contributed by atoms with Crippen LogP contribution in [0.25, 0.3) is 0 Å². The van der Waals surface area contributed by atoms with Crippen molar-refractivity contribution in [1.82, 2.24) is 4.98 Å². The van der Waals surface area contributed by atoms with Gasteiger partial charge in [0.15, 0.2) is 11.5 Å². The molecule has 0 bridgehead atoms. The van der Waals surface area contributed by atoms with Crippen LogP contribution >= 0.6 is 27.5 Å². The summed E-state index contributed by atoms with van der Waals surface area (Å²) in [6.45, 7) is 2.09. The second-order valence-corrected chi connectivity index (χ2v) is 5.20. The lowest BCUT2D eigenvalue weighted by Gasteiger charge is -2.11. The zero-order valence-corrected chi connectivity index (χ0v) is 13.0. The molecule has 0 aliphatic carbocycles. The first-order valence-electron chi connectivity index (χ1n) is 5.80. The van der Waals surface area contributed by atoms with Gasteiger partial charge in [0.25, 0.3) is 0 Å². The number of methoxy groups -OCH3 is 1. The lowest BCUT2D eigenvalue weighted by Crippen LogP contribution is -1.94. The van der Waals surface area contributed by atoms with Crippen LogP contribution in [0.2, 0.25) is 5.02 Å². The summed E-state index contributed by atoms with van der Waals surface area (Å²) in [5.41, 5.74) is 1.18. The smallest absolute Gasteiger partial charge is 0.238 e. The molecule has 0 spiro atoms. The quantitative estimate of drug-likeness (QED) is 0.795. The fourth-order valence-electron chi connectivity index (χ4n) is 1.60. The maximum absolute atomic E-state index is 6.08. The highest BCUT2D eigenvalue weighted by Crippen LogP contribution is 2.35. The topological polar surface area (TPSA) is 31.4 Å². The summed E-state index contributed by atoms with van der Waals surface area (Å²) in [5.74, 6) is 1.61. The largest absolute Gasteiger partial charge is 0.493 e. The van der Waals surface area contributed by atoms with Gasteiger partial charge < -0.3 is 9.47 Å². The van der Waals surface area contributed by atoms with Gasteiger partial charge in [-0.2, -0.15) is 0 Å². The van der Waals surface area contributed by atoms with Crippen LogP contribution in [0.15, 0.2) is 34.9 Å². The average molecular weight is 343 g/mol. The van der Waals surface area contributed by atoms with Gasteiger partial charge in [-0.05, 0) is 46.1 Å². The zero-order valence-electron chi connectivity index (χ0n) is 10.6. The minimum atomic E-state index is 0.354. The van der Waals surface area contributed by atoms with Crippen LogP contribution in [0, 0.1) is 0 Å². The van der Waals surface area contributed by atoms with E-state index < -0.39 is 0 Å². The van der Waals surface area contributed by atoms with Crippen molar-refractivity contribution >= 4 is 27.5 Å². The molecule has 0 saturated heterocycles. The van der Waals surface area contributed by atoms with E-state index in [1.54, 1.807) is 19.4 Å². The highest BCUT2D eigenvalue weighted by atomic mass is 79.9. The first-order chi connectivity index (χ1) is 9.13. The predicted octanol–water partition coefficient (Wildman–Crippen LogP) is 4.86. The van der Waals surface area contributed by atoms with Gasteiger partial charge in [0, 0.05) is 10.7 Å². The maximum Gasteiger partial charge on any atom is 0.238 e. The summed E-state index contributed by atoms with van der Waals surface area (Å²) in [5, 5.41) is 0.441. The second kappa shape index (κ2) is 6.26. The molecule has 2 aromatic rings. The molecule has 1 aromatic heterocycles. The molecule has 100 valence electrons. The van der Waals surface area contributed by atoms with Crippen molar-refractivity contribution in [2.75, 3.05) is 7.11 Å². The Morgan fingerprint density at radius 2 is 2.05 bits per heavy atom. The molecule has 0 fully saturated rings. The number of pyridine rings is 1. The van der Waals surface area contributed by atoms with Crippen molar-refractivity contribution < 1.29 is 9.47 Å². The Morgan fingerprint density at radius 3 is 2.68 bits per heavy atom. The van der Waals surface area contributed by atoms with Gasteiger partial charge in [0.2, 0.25) is 5.88 Å². The molecule has 0 N–H and O–H groups in total. The minimum Gasteiger partial charge on any atom is -0.493 e. The van der Waals surface area contributed by atoms with Crippen LogP contribution in [-0.4, -0.2) is 12.1 Å². The van der Waals surface area contributed by atoms with Crippen molar-refractivity contribution in [1.29, 1.82) is 0 Å². The molecule has 0 amide bonds. The minimum absolute atomic E-state index is 0.354. The molecular formula is C14H13BrClNO2. The van der Waals surface area contributed by atoms with Crippen molar-refractivity contribution in [2.24, 2.45) is 0 Å². The summed E-state index contributed by atoms with van der Waals surface area (Å²) in [7, 11) is 1.61. The number of aromatic nitrogens is 1. The van der Waals surface area contributed by atoms with Gasteiger partial charge in [0.1, 0.15) is 5.02 Å². The molecule has 0 aliphatic heterocycles. The number of hydrogen-bond acceptors (Lipinski definition) is 3. The van der Waals surface area contributed by atoms with E-state index in [4.69, 9.17) is 21.1 Å². The summed E-state index contributed by atoms with van der Waals surface area (Å²) in [4.78, 5) is 4.13. The molecule has 2 rings (SSSR count). The molecule has 0 saturated carbocycles. The average Bonchev–Trinajstić information content (AvgIpc) is 2.42. The van der Waals surface area contributed by atoms with Crippen LogP contribution in [-0.2, 0) is 6.42 Å². The Kier molecular flexibility index (Phi) is 4.66. The van der Waals surface area contributed by atoms with E-state index in [-0.39, 0.29) is 0 Å². The fourth-order valence-corrected chi connectivity index (χ4v) is 2.27. The molecule has 0 atom stereocenters. The maximum atomic E-state index is 6.08. The molecule has 1 aromatic carbocycles. The SMILES string of the molecule is CCc1ccc(Oc2ncc(Br)cc2Cl)c(OC)c1. The third-order valence-corrected chi connectivity index (χ3v) is 3.32. The van der Waals surface area contributed by atoms with Crippen LogP contribution in [0.5, 0.6) is 17.4 Å². The Labute approximate surface area is 125 Å². The summed E-state index contributed by atoms with van der Waals surface area (Å²) in [6.07, 6.45) is 2.57. The Balaban J connectivity index is 2.32. The number of benzene rings is 1. The number of hydrogen-bond donors (Lipinski definition) is 0. The van der Waals surface area contributed by atoms with Crippen molar-refractivity contribution in [2.45, 2.75) is 13.3 Å². The third kappa shape index (κ3) is 3.39. The second-order valence-electron chi connectivity index (χ2n) is 3.88. The summed E-state index contributed by atoms with van der Waals surface area (Å²) in [6, 6.07) is 7.53. The fraction of sp³-hybridized carbons (Fsp3) is 0.214. The van der Waals surface area contributed by atoms with Crippen molar-refractivity contribution in [3.63, 3.8) is 0 Å². The number of ether oxygens (including phenoxy) is 2. The Morgan fingerprint density at radius 1 is 1.26 bits per heavy atom. The van der Waals surface area contributed by atoms with E-state index in [1.165, 1.54) is 5.56 Å². The van der Waals surface area contributed by atoms with E-state index >= 15 is 0 Å². The third-order valence-electron chi connectivity index (χ3n) is 2.62. The van der Waals surface area contributed by atoms with Gasteiger partial charge in [-0.1, -0.05) is 24.6 Å². The zero-order chi connectivity index (χ0) is 13.8. The van der Waals surface area contributed by atoms with Gasteiger partial charge in [-0.15, -0.1) is 0 Å². The van der Waals surface area contributed by atoms with E-state index in [0.717, 1.165) is 10.9 Å². The molecule has 0 radical (unpaired) electrons. The Bertz CT molecular complexity index is 590. The van der Waals surface area contributed by atoms with Crippen molar-refractivity contribution in [3.8, 4) is 17.4 Å². The lowest BCUT2D eigenvalue weighted by molar-refractivity contribution is 0.374. The van der Waals surface area contributed by atoms with Gasteiger partial charge in [-0.25, -0.2) is 4.98 Å². The van der Waals surface area contributed by atoms with E-state index in [9.17, 15) is 0 Å². The predicted molar refractivity (Wildman–Crippen MR) is 79.4 cm³/mol. The van der Waals surface area contributed by atoms with Crippen LogP contribution in [0.3, 0.4) is 0 Å². The number of rotatable bonds is 4. The van der Waals surface area contributed by atoms with Crippen LogP contribution < -0.4 is 9.47 Å². The van der Waals surface area contributed by atoms with E-state index in [0.29, 0.717) is 22.4 Å². The molecular weight excluding hydrogens is 330 g/mol. The lowest BCUT2D eigenvalue weighted by atomic mass is 10.1. The highest BCUT2D eigenvalue weighted by molar-refractivity contribution is 9.10. The Hall–Kier alpha value is -1.26. The van der Waals surface area contributed by atoms with Gasteiger partial charge in [-0.3, -0.25) is 0 Å². The molecule has 0 aliphatic rings. The summed E-state index contributed by atoms with van der Waals surface area (Å²) < 4.78 is 11.8. The molecule has 19 heavy (non-hydrogen) atoms.